The summed E-state index contributed by atoms with van der Waals surface area (Å²) in [6.45, 7) is 5.96. The molecule has 2 saturated heterocycles. The first-order valence-corrected chi connectivity index (χ1v) is 5.73. The van der Waals surface area contributed by atoms with Gasteiger partial charge in [0.2, 0.25) is 0 Å². The second-order valence-electron chi connectivity index (χ2n) is 4.84. The Labute approximate surface area is 96.3 Å². The molecule has 0 aromatic rings. The molecule has 2 heterocycles. The van der Waals surface area contributed by atoms with Crippen molar-refractivity contribution in [3.63, 3.8) is 0 Å². The summed E-state index contributed by atoms with van der Waals surface area (Å²) in [6.07, 6.45) is 0. The van der Waals surface area contributed by atoms with E-state index in [4.69, 9.17) is 9.47 Å². The van der Waals surface area contributed by atoms with Crippen molar-refractivity contribution in [3.05, 3.63) is 0 Å². The maximum Gasteiger partial charge on any atom is 0.317 e. The Kier molecular flexibility index (Phi) is 3.47. The van der Waals surface area contributed by atoms with Crippen molar-refractivity contribution < 1.29 is 14.3 Å². The highest BCUT2D eigenvalue weighted by Crippen LogP contribution is 2.30. The van der Waals surface area contributed by atoms with Gasteiger partial charge < -0.3 is 14.4 Å². The maximum atomic E-state index is 11.7. The van der Waals surface area contributed by atoms with Crippen LogP contribution in [0.2, 0.25) is 0 Å². The number of hydrogen-bond donors (Lipinski definition) is 0. The summed E-state index contributed by atoms with van der Waals surface area (Å²) in [7, 11) is 3.58. The van der Waals surface area contributed by atoms with Crippen molar-refractivity contribution in [1.29, 1.82) is 0 Å². The molecule has 0 spiro atoms. The van der Waals surface area contributed by atoms with E-state index in [1.165, 1.54) is 7.11 Å². The molecule has 0 aliphatic carbocycles. The van der Waals surface area contributed by atoms with E-state index in [2.05, 4.69) is 16.8 Å². The number of rotatable bonds is 3. The molecule has 0 unspecified atom stereocenters. The molecule has 2 aliphatic heterocycles. The van der Waals surface area contributed by atoms with E-state index in [0.717, 1.165) is 32.7 Å². The predicted molar refractivity (Wildman–Crippen MR) is 59.2 cm³/mol. The van der Waals surface area contributed by atoms with E-state index < -0.39 is 5.41 Å². The van der Waals surface area contributed by atoms with Gasteiger partial charge in [-0.1, -0.05) is 0 Å². The van der Waals surface area contributed by atoms with Gasteiger partial charge in [0.05, 0.1) is 20.3 Å². The van der Waals surface area contributed by atoms with Crippen LogP contribution in [0.15, 0.2) is 0 Å². The van der Waals surface area contributed by atoms with E-state index in [-0.39, 0.29) is 5.97 Å². The zero-order valence-electron chi connectivity index (χ0n) is 10.1. The Morgan fingerprint density at radius 3 is 2.38 bits per heavy atom. The molecular weight excluding hydrogens is 208 g/mol. The summed E-state index contributed by atoms with van der Waals surface area (Å²) in [5, 5.41) is 0. The molecule has 16 heavy (non-hydrogen) atoms. The third-order valence-electron chi connectivity index (χ3n) is 3.50. The second kappa shape index (κ2) is 4.69. The third-order valence-corrected chi connectivity index (χ3v) is 3.50. The number of carbonyl (C=O) groups is 1. The number of esters is 1. The molecule has 0 aromatic carbocycles. The van der Waals surface area contributed by atoms with Crippen molar-refractivity contribution in [2.45, 2.75) is 0 Å². The number of methoxy groups -OCH3 is 1. The molecule has 0 N–H and O–H groups in total. The number of hydrogen-bond acceptors (Lipinski definition) is 5. The molecule has 0 saturated carbocycles. The molecule has 0 atom stereocenters. The molecular formula is C11H20N2O3. The highest BCUT2D eigenvalue weighted by Gasteiger charge is 2.48. The van der Waals surface area contributed by atoms with Gasteiger partial charge in [0, 0.05) is 32.7 Å². The first-order chi connectivity index (χ1) is 7.66. The molecule has 0 radical (unpaired) electrons. The normalized spacial score (nSPS) is 26.1. The minimum absolute atomic E-state index is 0.127. The van der Waals surface area contributed by atoms with Crippen LogP contribution in [0.1, 0.15) is 0 Å². The summed E-state index contributed by atoms with van der Waals surface area (Å²) >= 11 is 0. The molecule has 2 aliphatic rings. The zero-order chi connectivity index (χ0) is 11.6. The van der Waals surface area contributed by atoms with E-state index in [9.17, 15) is 4.79 Å². The summed E-state index contributed by atoms with van der Waals surface area (Å²) in [4.78, 5) is 16.4. The molecule has 92 valence electrons. The smallest absolute Gasteiger partial charge is 0.317 e. The predicted octanol–water partition coefficient (Wildman–Crippen LogP) is -0.577. The first-order valence-electron chi connectivity index (χ1n) is 5.73. The van der Waals surface area contributed by atoms with Crippen molar-refractivity contribution in [3.8, 4) is 0 Å². The van der Waals surface area contributed by atoms with Gasteiger partial charge in [0.15, 0.2) is 0 Å². The van der Waals surface area contributed by atoms with Crippen LogP contribution < -0.4 is 0 Å². The van der Waals surface area contributed by atoms with Gasteiger partial charge in [-0.25, -0.2) is 0 Å². The summed E-state index contributed by atoms with van der Waals surface area (Å²) in [5.41, 5.74) is -0.398. The lowest BCUT2D eigenvalue weighted by atomic mass is 9.85. The summed E-state index contributed by atoms with van der Waals surface area (Å²) < 4.78 is 10.1. The van der Waals surface area contributed by atoms with Gasteiger partial charge in [-0.05, 0) is 7.05 Å². The summed E-state index contributed by atoms with van der Waals surface area (Å²) in [6, 6.07) is 0. The van der Waals surface area contributed by atoms with Crippen molar-refractivity contribution >= 4 is 5.97 Å². The fourth-order valence-corrected chi connectivity index (χ4v) is 2.27. The van der Waals surface area contributed by atoms with Crippen LogP contribution in [-0.2, 0) is 14.3 Å². The van der Waals surface area contributed by atoms with Crippen molar-refractivity contribution in [2.24, 2.45) is 5.41 Å². The van der Waals surface area contributed by atoms with Gasteiger partial charge in [0.25, 0.3) is 0 Å². The average molecular weight is 228 g/mol. The van der Waals surface area contributed by atoms with Crippen LogP contribution in [0, 0.1) is 5.41 Å². The largest absolute Gasteiger partial charge is 0.468 e. The number of piperazine rings is 1. The molecule has 2 rings (SSSR count). The lowest BCUT2D eigenvalue weighted by Crippen LogP contribution is -2.58. The monoisotopic (exact) mass is 228 g/mol. The molecule has 0 aromatic heterocycles. The van der Waals surface area contributed by atoms with Crippen LogP contribution in [0.3, 0.4) is 0 Å². The summed E-state index contributed by atoms with van der Waals surface area (Å²) in [5.74, 6) is -0.127. The topological polar surface area (TPSA) is 42.0 Å². The molecule has 0 amide bonds. The van der Waals surface area contributed by atoms with Crippen LogP contribution in [0.5, 0.6) is 0 Å². The fraction of sp³-hybridized carbons (Fsp3) is 0.909. The second-order valence-corrected chi connectivity index (χ2v) is 4.84. The molecule has 2 fully saturated rings. The lowest BCUT2D eigenvalue weighted by molar-refractivity contribution is -0.187. The standard InChI is InChI=1S/C11H20N2O3/c1-12-3-5-13(6-4-12)7-11(8-16-9-11)10(14)15-2/h3-9H2,1-2H3. The van der Waals surface area contributed by atoms with E-state index in [1.54, 1.807) is 0 Å². The Balaban J connectivity index is 1.89. The van der Waals surface area contributed by atoms with Crippen molar-refractivity contribution in [1.82, 2.24) is 9.80 Å². The van der Waals surface area contributed by atoms with Gasteiger partial charge >= 0.3 is 5.97 Å². The SMILES string of the molecule is COC(=O)C1(CN2CCN(C)CC2)COC1. The Morgan fingerprint density at radius 1 is 1.31 bits per heavy atom. The Bertz CT molecular complexity index is 258. The first kappa shape index (κ1) is 11.8. The molecule has 0 bridgehead atoms. The third kappa shape index (κ3) is 2.21. The van der Waals surface area contributed by atoms with E-state index in [1.807, 2.05) is 0 Å². The number of nitrogens with zero attached hydrogens (tertiary/aromatic N) is 2. The fourth-order valence-electron chi connectivity index (χ4n) is 2.27. The van der Waals surface area contributed by atoms with Crippen LogP contribution in [0.4, 0.5) is 0 Å². The number of likely N-dealkylation sites (N-methyl/N-ethyl adjacent to an activating group) is 1. The van der Waals surface area contributed by atoms with E-state index in [0.29, 0.717) is 13.2 Å². The van der Waals surface area contributed by atoms with Crippen molar-refractivity contribution in [2.75, 3.05) is 60.1 Å². The number of ether oxygens (including phenoxy) is 2. The minimum Gasteiger partial charge on any atom is -0.468 e. The van der Waals surface area contributed by atoms with Gasteiger partial charge in [0.1, 0.15) is 5.41 Å². The highest BCUT2D eigenvalue weighted by molar-refractivity contribution is 5.78. The van der Waals surface area contributed by atoms with Crippen LogP contribution in [0.25, 0.3) is 0 Å². The Morgan fingerprint density at radius 2 is 1.94 bits per heavy atom. The maximum absolute atomic E-state index is 11.7. The average Bonchev–Trinajstić information content (AvgIpc) is 2.25. The highest BCUT2D eigenvalue weighted by atomic mass is 16.5. The van der Waals surface area contributed by atoms with Crippen LogP contribution >= 0.6 is 0 Å². The van der Waals surface area contributed by atoms with Gasteiger partial charge in [-0.2, -0.15) is 0 Å². The van der Waals surface area contributed by atoms with Gasteiger partial charge in [-0.3, -0.25) is 9.69 Å². The molecule has 5 heteroatoms. The zero-order valence-corrected chi connectivity index (χ0v) is 10.1. The number of carbonyl (C=O) groups excluding carboxylic acids is 1. The molecule has 5 nitrogen and oxygen atoms in total. The van der Waals surface area contributed by atoms with Crippen LogP contribution in [-0.4, -0.2) is 75.9 Å². The lowest BCUT2D eigenvalue weighted by Gasteiger charge is -2.43. The Hall–Kier alpha value is -0.650. The minimum atomic E-state index is -0.398. The quantitative estimate of drug-likeness (QED) is 0.605. The van der Waals surface area contributed by atoms with E-state index >= 15 is 0 Å². The van der Waals surface area contributed by atoms with Gasteiger partial charge in [-0.15, -0.1) is 0 Å².